The minimum Gasteiger partial charge on any atom is -0.489 e. The second kappa shape index (κ2) is 9.89. The fraction of sp³-hybridized carbons (Fsp3) is 0.308. The first-order valence-electron chi connectivity index (χ1n) is 11.6. The highest BCUT2D eigenvalue weighted by Gasteiger charge is 2.24. The minimum atomic E-state index is -0.543. The van der Waals surface area contributed by atoms with Crippen molar-refractivity contribution in [3.8, 4) is 16.5 Å². The van der Waals surface area contributed by atoms with E-state index >= 15 is 0 Å². The van der Waals surface area contributed by atoms with Gasteiger partial charge in [0, 0.05) is 24.7 Å². The van der Waals surface area contributed by atoms with Crippen LogP contribution in [0.4, 0.5) is 0 Å². The molecule has 3 heterocycles. The number of benzene rings is 2. The van der Waals surface area contributed by atoms with Crippen molar-refractivity contribution in [1.29, 1.82) is 0 Å². The number of nitrogens with zero attached hydrogens (tertiary/aromatic N) is 3. The lowest BCUT2D eigenvalue weighted by Gasteiger charge is -2.30. The van der Waals surface area contributed by atoms with Crippen molar-refractivity contribution in [2.45, 2.75) is 32.0 Å². The highest BCUT2D eigenvalue weighted by molar-refractivity contribution is 7.16. The van der Waals surface area contributed by atoms with Crippen LogP contribution in [-0.4, -0.2) is 46.6 Å². The largest absolute Gasteiger partial charge is 0.489 e. The van der Waals surface area contributed by atoms with Crippen LogP contribution in [0.5, 0.6) is 11.5 Å². The number of likely N-dealkylation sites (tertiary alicyclic amines) is 1. The summed E-state index contributed by atoms with van der Waals surface area (Å²) >= 11 is 8.02. The van der Waals surface area contributed by atoms with E-state index in [1.165, 1.54) is 11.3 Å². The molecule has 1 aliphatic heterocycles. The van der Waals surface area contributed by atoms with Gasteiger partial charge in [0.1, 0.15) is 39.9 Å². The average molecular weight is 511 g/mol. The standard InChI is InChI=1S/C26H27ClN4O3S/c1-16(18-6-5-9-21(24(18)27)34-17-10-12-30(2)13-11-17)33-22-14-23(35-25(22)26(28)32)31-15-29-19-7-3-4-8-20(19)31/h3-9,14-17H,10-13H2,1-2H3,(H2,28,32). The lowest BCUT2D eigenvalue weighted by atomic mass is 10.1. The molecule has 4 aromatic rings. The zero-order chi connectivity index (χ0) is 24.5. The summed E-state index contributed by atoms with van der Waals surface area (Å²) in [4.78, 5) is 19.3. The summed E-state index contributed by atoms with van der Waals surface area (Å²) < 4.78 is 14.4. The van der Waals surface area contributed by atoms with Crippen LogP contribution in [0.15, 0.2) is 54.9 Å². The summed E-state index contributed by atoms with van der Waals surface area (Å²) in [6.45, 7) is 3.91. The van der Waals surface area contributed by atoms with Gasteiger partial charge in [-0.05, 0) is 45.0 Å². The number of imidazole rings is 1. The molecule has 7 nitrogen and oxygen atoms in total. The van der Waals surface area contributed by atoms with Crippen molar-refractivity contribution in [2.24, 2.45) is 5.73 Å². The van der Waals surface area contributed by atoms with Crippen LogP contribution in [0, 0.1) is 0 Å². The Morgan fingerprint density at radius 3 is 2.71 bits per heavy atom. The molecular formula is C26H27ClN4O3S. The fourth-order valence-electron chi connectivity index (χ4n) is 4.34. The van der Waals surface area contributed by atoms with Gasteiger partial charge in [0.05, 0.1) is 16.1 Å². The van der Waals surface area contributed by atoms with Gasteiger partial charge in [-0.3, -0.25) is 9.36 Å². The first-order chi connectivity index (χ1) is 16.9. The number of carbonyl (C=O) groups excluding carboxylic acids is 1. The van der Waals surface area contributed by atoms with Gasteiger partial charge >= 0.3 is 0 Å². The normalized spacial score (nSPS) is 15.9. The zero-order valence-corrected chi connectivity index (χ0v) is 21.2. The summed E-state index contributed by atoms with van der Waals surface area (Å²) in [6.07, 6.45) is 3.37. The van der Waals surface area contributed by atoms with Gasteiger partial charge in [0.25, 0.3) is 5.91 Å². The third-order valence-electron chi connectivity index (χ3n) is 6.29. The number of rotatable bonds is 7. The van der Waals surface area contributed by atoms with Crippen LogP contribution < -0.4 is 15.2 Å². The number of carbonyl (C=O) groups is 1. The van der Waals surface area contributed by atoms with E-state index in [1.807, 2.05) is 60.0 Å². The molecule has 2 aromatic carbocycles. The number of fused-ring (bicyclic) bond motifs is 1. The molecule has 0 spiro atoms. The van der Waals surface area contributed by atoms with Crippen LogP contribution in [-0.2, 0) is 0 Å². The van der Waals surface area contributed by atoms with Crippen LogP contribution in [0.25, 0.3) is 16.0 Å². The molecule has 35 heavy (non-hydrogen) atoms. The van der Waals surface area contributed by atoms with Gasteiger partial charge in [-0.2, -0.15) is 0 Å². The third kappa shape index (κ3) is 4.87. The van der Waals surface area contributed by atoms with E-state index < -0.39 is 12.0 Å². The molecule has 0 radical (unpaired) electrons. The SMILES string of the molecule is CC(Oc1cc(-n2cnc3ccccc32)sc1C(N)=O)c1cccc(OC2CCN(C)CC2)c1Cl. The van der Waals surface area contributed by atoms with E-state index in [0.717, 1.165) is 47.5 Å². The molecule has 0 aliphatic carbocycles. The molecule has 5 rings (SSSR count). The number of ether oxygens (including phenoxy) is 2. The molecule has 2 aromatic heterocycles. The molecule has 1 saturated heterocycles. The number of hydrogen-bond acceptors (Lipinski definition) is 6. The molecule has 9 heteroatoms. The van der Waals surface area contributed by atoms with Crippen molar-refractivity contribution in [3.63, 3.8) is 0 Å². The lowest BCUT2D eigenvalue weighted by Crippen LogP contribution is -2.35. The second-order valence-corrected chi connectivity index (χ2v) is 10.2. The van der Waals surface area contributed by atoms with E-state index in [2.05, 4.69) is 16.9 Å². The van der Waals surface area contributed by atoms with Crippen molar-refractivity contribution in [3.05, 3.63) is 70.3 Å². The van der Waals surface area contributed by atoms with E-state index in [9.17, 15) is 4.79 Å². The van der Waals surface area contributed by atoms with Gasteiger partial charge in [0.2, 0.25) is 0 Å². The van der Waals surface area contributed by atoms with Crippen molar-refractivity contribution >= 4 is 39.9 Å². The highest BCUT2D eigenvalue weighted by atomic mass is 35.5. The Morgan fingerprint density at radius 1 is 1.17 bits per heavy atom. The molecule has 1 fully saturated rings. The molecule has 182 valence electrons. The smallest absolute Gasteiger partial charge is 0.262 e. The highest BCUT2D eigenvalue weighted by Crippen LogP contribution is 2.39. The van der Waals surface area contributed by atoms with Gasteiger partial charge < -0.3 is 20.1 Å². The van der Waals surface area contributed by atoms with Crippen molar-refractivity contribution < 1.29 is 14.3 Å². The van der Waals surface area contributed by atoms with E-state index in [4.69, 9.17) is 26.8 Å². The monoisotopic (exact) mass is 510 g/mol. The summed E-state index contributed by atoms with van der Waals surface area (Å²) in [7, 11) is 2.12. The summed E-state index contributed by atoms with van der Waals surface area (Å²) in [6, 6.07) is 15.3. The van der Waals surface area contributed by atoms with Gasteiger partial charge in [-0.1, -0.05) is 35.9 Å². The molecule has 1 amide bonds. The number of halogens is 1. The Bertz CT molecular complexity index is 1360. The maximum absolute atomic E-state index is 12.2. The zero-order valence-electron chi connectivity index (χ0n) is 19.6. The second-order valence-electron chi connectivity index (χ2n) is 8.79. The Morgan fingerprint density at radius 2 is 1.94 bits per heavy atom. The number of primary amides is 1. The Labute approximate surface area is 213 Å². The number of thiophene rings is 1. The van der Waals surface area contributed by atoms with Gasteiger partial charge in [0.15, 0.2) is 0 Å². The number of amides is 1. The first-order valence-corrected chi connectivity index (χ1v) is 12.8. The van der Waals surface area contributed by atoms with E-state index in [-0.39, 0.29) is 6.10 Å². The number of nitrogens with two attached hydrogens (primary N) is 1. The summed E-state index contributed by atoms with van der Waals surface area (Å²) in [5.74, 6) is 0.527. The molecule has 2 N–H and O–H groups in total. The molecule has 1 atom stereocenters. The Hall–Kier alpha value is -3.07. The Balaban J connectivity index is 1.40. The van der Waals surface area contributed by atoms with Gasteiger partial charge in [-0.25, -0.2) is 4.98 Å². The number of para-hydroxylation sites is 2. The third-order valence-corrected chi connectivity index (χ3v) is 7.83. The fourth-order valence-corrected chi connectivity index (χ4v) is 5.60. The van der Waals surface area contributed by atoms with Crippen LogP contribution >= 0.6 is 22.9 Å². The van der Waals surface area contributed by atoms with Crippen LogP contribution in [0.2, 0.25) is 5.02 Å². The van der Waals surface area contributed by atoms with E-state index in [1.54, 1.807) is 6.33 Å². The van der Waals surface area contributed by atoms with Gasteiger partial charge in [-0.15, -0.1) is 11.3 Å². The number of aromatic nitrogens is 2. The lowest BCUT2D eigenvalue weighted by molar-refractivity contribution is 0.0998. The Kier molecular flexibility index (Phi) is 6.69. The molecule has 0 saturated carbocycles. The molecule has 1 aliphatic rings. The molecule has 0 bridgehead atoms. The minimum absolute atomic E-state index is 0.140. The predicted molar refractivity (Wildman–Crippen MR) is 139 cm³/mol. The average Bonchev–Trinajstić information content (AvgIpc) is 3.46. The molecular weight excluding hydrogens is 484 g/mol. The first kappa shape index (κ1) is 23.7. The predicted octanol–water partition coefficient (Wildman–Crippen LogP) is 5.45. The number of piperidine rings is 1. The maximum atomic E-state index is 12.2. The molecule has 1 unspecified atom stereocenters. The van der Waals surface area contributed by atoms with Crippen LogP contribution in [0.1, 0.15) is 41.1 Å². The summed E-state index contributed by atoms with van der Waals surface area (Å²) in [5, 5.41) is 1.32. The van der Waals surface area contributed by atoms with Crippen molar-refractivity contribution in [2.75, 3.05) is 20.1 Å². The summed E-state index contributed by atoms with van der Waals surface area (Å²) in [5.41, 5.74) is 8.28. The van der Waals surface area contributed by atoms with E-state index in [0.29, 0.717) is 21.4 Å². The van der Waals surface area contributed by atoms with Crippen molar-refractivity contribution in [1.82, 2.24) is 14.5 Å². The number of hydrogen-bond donors (Lipinski definition) is 1. The van der Waals surface area contributed by atoms with Crippen LogP contribution in [0.3, 0.4) is 0 Å². The quantitative estimate of drug-likeness (QED) is 0.357. The maximum Gasteiger partial charge on any atom is 0.262 e. The topological polar surface area (TPSA) is 82.6 Å².